The number of carbonyl (C=O) groups excluding carboxylic acids is 1. The van der Waals surface area contributed by atoms with Crippen LogP contribution in [0.1, 0.15) is 22.8 Å². The summed E-state index contributed by atoms with van der Waals surface area (Å²) < 4.78 is 5.32. The predicted octanol–water partition coefficient (Wildman–Crippen LogP) is 1.03. The third-order valence-electron chi connectivity index (χ3n) is 3.55. The van der Waals surface area contributed by atoms with Crippen LogP contribution >= 0.6 is 0 Å². The Bertz CT molecular complexity index is 450. The van der Waals surface area contributed by atoms with Crippen LogP contribution in [0.15, 0.2) is 18.2 Å². The van der Waals surface area contributed by atoms with Crippen molar-refractivity contribution in [2.75, 3.05) is 38.6 Å². The number of nitrogen functional groups attached to an aromatic ring is 1. The number of anilines is 1. The molecule has 2 rings (SSSR count). The van der Waals surface area contributed by atoms with Crippen molar-refractivity contribution in [3.05, 3.63) is 29.3 Å². The highest BCUT2D eigenvalue weighted by Crippen LogP contribution is 2.16. The molecule has 3 N–H and O–H groups in total. The maximum absolute atomic E-state index is 12.3. The summed E-state index contributed by atoms with van der Waals surface area (Å²) in [4.78, 5) is 14.6. The number of hydrogen-bond acceptors (Lipinski definition) is 4. The molecule has 0 aromatic heterocycles. The highest BCUT2D eigenvalue weighted by molar-refractivity contribution is 6.00. The van der Waals surface area contributed by atoms with Crippen LogP contribution < -0.4 is 11.1 Å². The molecule has 5 nitrogen and oxygen atoms in total. The Balaban J connectivity index is 1.93. The molecule has 1 saturated heterocycles. The highest BCUT2D eigenvalue weighted by atomic mass is 16.5. The van der Waals surface area contributed by atoms with Gasteiger partial charge in [0.25, 0.3) is 5.91 Å². The van der Waals surface area contributed by atoms with E-state index in [1.54, 1.807) is 6.07 Å². The molecule has 1 aliphatic heterocycles. The molecule has 1 atom stereocenters. The molecule has 1 fully saturated rings. The summed E-state index contributed by atoms with van der Waals surface area (Å²) in [5.74, 6) is -0.0960. The third-order valence-corrected chi connectivity index (χ3v) is 3.55. The van der Waals surface area contributed by atoms with E-state index in [9.17, 15) is 4.79 Å². The predicted molar refractivity (Wildman–Crippen MR) is 79.8 cm³/mol. The fourth-order valence-corrected chi connectivity index (χ4v) is 2.51. The van der Waals surface area contributed by atoms with Crippen LogP contribution in [0.2, 0.25) is 0 Å². The van der Waals surface area contributed by atoms with Crippen LogP contribution in [0.4, 0.5) is 5.69 Å². The van der Waals surface area contributed by atoms with Gasteiger partial charge in [-0.15, -0.1) is 0 Å². The van der Waals surface area contributed by atoms with Crippen LogP contribution in [0, 0.1) is 6.92 Å². The molecule has 0 saturated carbocycles. The van der Waals surface area contributed by atoms with Crippen LogP contribution in [0.5, 0.6) is 0 Å². The van der Waals surface area contributed by atoms with E-state index in [4.69, 9.17) is 10.5 Å². The standard InChI is InChI=1S/C15H23N3O2/c1-11-4-3-5-13(16)14(11)15(19)17-12(2)10-18-6-8-20-9-7-18/h3-5,12H,6-10,16H2,1-2H3,(H,17,19). The van der Waals surface area contributed by atoms with E-state index in [0.29, 0.717) is 11.3 Å². The van der Waals surface area contributed by atoms with Gasteiger partial charge in [-0.3, -0.25) is 9.69 Å². The van der Waals surface area contributed by atoms with Gasteiger partial charge in [-0.25, -0.2) is 0 Å². The number of nitrogens with one attached hydrogen (secondary N) is 1. The molecule has 1 aromatic rings. The lowest BCUT2D eigenvalue weighted by atomic mass is 10.1. The molecular formula is C15H23N3O2. The van der Waals surface area contributed by atoms with Crippen LogP contribution in [0.25, 0.3) is 0 Å². The van der Waals surface area contributed by atoms with Gasteiger partial charge in [0.05, 0.1) is 18.8 Å². The molecule has 1 amide bonds. The fourth-order valence-electron chi connectivity index (χ4n) is 2.51. The first-order chi connectivity index (χ1) is 9.58. The summed E-state index contributed by atoms with van der Waals surface area (Å²) in [5.41, 5.74) is 7.91. The minimum Gasteiger partial charge on any atom is -0.398 e. The molecule has 0 bridgehead atoms. The molecule has 0 spiro atoms. The summed E-state index contributed by atoms with van der Waals surface area (Å²) >= 11 is 0. The van der Waals surface area contributed by atoms with Crippen molar-refractivity contribution in [2.45, 2.75) is 19.9 Å². The van der Waals surface area contributed by atoms with Crippen LogP contribution in [-0.2, 0) is 4.74 Å². The molecule has 110 valence electrons. The summed E-state index contributed by atoms with van der Waals surface area (Å²) in [6.45, 7) is 8.14. The lowest BCUT2D eigenvalue weighted by molar-refractivity contribution is 0.0342. The molecule has 0 aliphatic carbocycles. The Kier molecular flexibility index (Phi) is 4.98. The first kappa shape index (κ1) is 14.8. The van der Waals surface area contributed by atoms with Crippen LogP contribution in [-0.4, -0.2) is 49.7 Å². The molecule has 1 heterocycles. The molecular weight excluding hydrogens is 254 g/mol. The number of amides is 1. The smallest absolute Gasteiger partial charge is 0.253 e. The second kappa shape index (κ2) is 6.72. The van der Waals surface area contributed by atoms with Gasteiger partial charge in [0.1, 0.15) is 0 Å². The van der Waals surface area contributed by atoms with Gasteiger partial charge in [0.2, 0.25) is 0 Å². The normalized spacial score (nSPS) is 17.7. The maximum atomic E-state index is 12.3. The number of morpholine rings is 1. The second-order valence-electron chi connectivity index (χ2n) is 5.33. The van der Waals surface area contributed by atoms with Crippen molar-refractivity contribution in [1.29, 1.82) is 0 Å². The van der Waals surface area contributed by atoms with Crippen molar-refractivity contribution in [1.82, 2.24) is 10.2 Å². The monoisotopic (exact) mass is 277 g/mol. The molecule has 1 unspecified atom stereocenters. The van der Waals surface area contributed by atoms with Gasteiger partial charge in [0.15, 0.2) is 0 Å². The van der Waals surface area contributed by atoms with E-state index in [0.717, 1.165) is 38.4 Å². The van der Waals surface area contributed by atoms with Crippen molar-refractivity contribution in [3.63, 3.8) is 0 Å². The average Bonchev–Trinajstić information content (AvgIpc) is 2.39. The number of rotatable bonds is 4. The van der Waals surface area contributed by atoms with E-state index >= 15 is 0 Å². The Hall–Kier alpha value is -1.59. The first-order valence-corrected chi connectivity index (χ1v) is 7.04. The molecule has 20 heavy (non-hydrogen) atoms. The average molecular weight is 277 g/mol. The van der Waals surface area contributed by atoms with Gasteiger partial charge in [-0.1, -0.05) is 12.1 Å². The van der Waals surface area contributed by atoms with Crippen molar-refractivity contribution < 1.29 is 9.53 Å². The van der Waals surface area contributed by atoms with Gasteiger partial charge < -0.3 is 15.8 Å². The highest BCUT2D eigenvalue weighted by Gasteiger charge is 2.18. The molecule has 1 aromatic carbocycles. The van der Waals surface area contributed by atoms with E-state index in [-0.39, 0.29) is 11.9 Å². The molecule has 1 aliphatic rings. The largest absolute Gasteiger partial charge is 0.398 e. The fraction of sp³-hybridized carbons (Fsp3) is 0.533. The topological polar surface area (TPSA) is 67.6 Å². The van der Waals surface area contributed by atoms with Crippen molar-refractivity contribution >= 4 is 11.6 Å². The van der Waals surface area contributed by atoms with E-state index in [1.807, 2.05) is 26.0 Å². The lowest BCUT2D eigenvalue weighted by Gasteiger charge is -2.29. The Morgan fingerprint density at radius 1 is 1.45 bits per heavy atom. The number of hydrogen-bond donors (Lipinski definition) is 2. The van der Waals surface area contributed by atoms with E-state index in [1.165, 1.54) is 0 Å². The zero-order valence-corrected chi connectivity index (χ0v) is 12.2. The van der Waals surface area contributed by atoms with Gasteiger partial charge in [-0.05, 0) is 25.5 Å². The van der Waals surface area contributed by atoms with E-state index in [2.05, 4.69) is 10.2 Å². The lowest BCUT2D eigenvalue weighted by Crippen LogP contribution is -2.46. The number of aryl methyl sites for hydroxylation is 1. The van der Waals surface area contributed by atoms with E-state index < -0.39 is 0 Å². The maximum Gasteiger partial charge on any atom is 0.253 e. The van der Waals surface area contributed by atoms with Gasteiger partial charge >= 0.3 is 0 Å². The number of nitrogens with zero attached hydrogens (tertiary/aromatic N) is 1. The van der Waals surface area contributed by atoms with Crippen molar-refractivity contribution in [3.8, 4) is 0 Å². The Morgan fingerprint density at radius 3 is 2.80 bits per heavy atom. The third kappa shape index (κ3) is 3.71. The first-order valence-electron chi connectivity index (χ1n) is 7.04. The zero-order valence-electron chi connectivity index (χ0n) is 12.2. The number of carbonyl (C=O) groups is 1. The van der Waals surface area contributed by atoms with Gasteiger partial charge in [-0.2, -0.15) is 0 Å². The number of benzene rings is 1. The minimum atomic E-state index is -0.0960. The SMILES string of the molecule is Cc1cccc(N)c1C(=O)NC(C)CN1CCOCC1. The molecule has 5 heteroatoms. The summed E-state index contributed by atoms with van der Waals surface area (Å²) in [6, 6.07) is 5.60. The summed E-state index contributed by atoms with van der Waals surface area (Å²) in [5, 5.41) is 3.02. The van der Waals surface area contributed by atoms with Crippen LogP contribution in [0.3, 0.4) is 0 Å². The number of ether oxygens (including phenoxy) is 1. The summed E-state index contributed by atoms with van der Waals surface area (Å²) in [6.07, 6.45) is 0. The second-order valence-corrected chi connectivity index (χ2v) is 5.33. The zero-order chi connectivity index (χ0) is 14.5. The Morgan fingerprint density at radius 2 is 2.15 bits per heavy atom. The number of nitrogens with two attached hydrogens (primary N) is 1. The quantitative estimate of drug-likeness (QED) is 0.807. The van der Waals surface area contributed by atoms with Gasteiger partial charge in [0, 0.05) is 31.4 Å². The minimum absolute atomic E-state index is 0.0830. The van der Waals surface area contributed by atoms with Crippen molar-refractivity contribution in [2.24, 2.45) is 0 Å². The summed E-state index contributed by atoms with van der Waals surface area (Å²) in [7, 11) is 0. The molecule has 0 radical (unpaired) electrons. The Labute approximate surface area is 120 Å².